The van der Waals surface area contributed by atoms with Crippen LogP contribution in [0.4, 0.5) is 0 Å². The second-order valence-corrected chi connectivity index (χ2v) is 4.53. The minimum absolute atomic E-state index is 0.336. The lowest BCUT2D eigenvalue weighted by Gasteiger charge is -2.14. The smallest absolute Gasteiger partial charge is 0.328 e. The van der Waals surface area contributed by atoms with Crippen molar-refractivity contribution in [3.63, 3.8) is 0 Å². The predicted octanol–water partition coefficient (Wildman–Crippen LogP) is 3.79. The van der Waals surface area contributed by atoms with E-state index in [1.54, 1.807) is 12.1 Å². The second kappa shape index (κ2) is 7.60. The van der Waals surface area contributed by atoms with Crippen LogP contribution in [0.15, 0.2) is 30.4 Å². The first kappa shape index (κ1) is 16.1. The van der Waals surface area contributed by atoms with Crippen molar-refractivity contribution in [2.45, 2.75) is 13.3 Å². The van der Waals surface area contributed by atoms with Gasteiger partial charge in [0.25, 0.3) is 0 Å². The lowest BCUT2D eigenvalue weighted by atomic mass is 10.1. The third kappa shape index (κ3) is 4.63. The van der Waals surface area contributed by atoms with Gasteiger partial charge in [-0.15, -0.1) is 0 Å². The van der Waals surface area contributed by atoms with Crippen molar-refractivity contribution in [2.24, 2.45) is 0 Å². The van der Waals surface area contributed by atoms with Crippen LogP contribution < -0.4 is 9.47 Å². The molecule has 0 spiro atoms. The summed E-state index contributed by atoms with van der Waals surface area (Å²) >= 11 is 5.97. The van der Waals surface area contributed by atoms with Gasteiger partial charge in [-0.05, 0) is 24.1 Å². The molecule has 20 heavy (non-hydrogen) atoms. The van der Waals surface area contributed by atoms with Crippen molar-refractivity contribution in [2.75, 3.05) is 13.7 Å². The van der Waals surface area contributed by atoms with Crippen molar-refractivity contribution in [3.8, 4) is 11.5 Å². The molecule has 4 nitrogen and oxygen atoms in total. The quantitative estimate of drug-likeness (QED) is 0.614. The van der Waals surface area contributed by atoms with E-state index in [4.69, 9.17) is 26.2 Å². The number of carbonyl (C=O) groups is 1. The number of methoxy groups -OCH3 is 1. The van der Waals surface area contributed by atoms with Gasteiger partial charge in [-0.1, -0.05) is 25.1 Å². The molecule has 0 aliphatic carbocycles. The van der Waals surface area contributed by atoms with E-state index in [9.17, 15) is 4.79 Å². The van der Waals surface area contributed by atoms with Crippen LogP contribution in [0.25, 0.3) is 6.08 Å². The standard InChI is InChI=1S/C15H17ClO4/c1-4-10(2)9-20-15-11(5-6-14(17)18)7-12(16)8-13(15)19-3/h5-8H,2,4,9H2,1,3H3,(H,17,18)/b6-5+. The Kier molecular flexibility index (Phi) is 6.12. The molecule has 0 amide bonds. The molecule has 0 fully saturated rings. The van der Waals surface area contributed by atoms with Crippen molar-refractivity contribution in [3.05, 3.63) is 40.9 Å². The van der Waals surface area contributed by atoms with E-state index in [1.165, 1.54) is 13.2 Å². The van der Waals surface area contributed by atoms with E-state index in [1.807, 2.05) is 6.92 Å². The van der Waals surface area contributed by atoms with Crippen LogP contribution in [-0.2, 0) is 4.79 Å². The van der Waals surface area contributed by atoms with Gasteiger partial charge in [-0.3, -0.25) is 0 Å². The summed E-state index contributed by atoms with van der Waals surface area (Å²) in [6, 6.07) is 3.23. The molecule has 1 rings (SSSR count). The summed E-state index contributed by atoms with van der Waals surface area (Å²) < 4.78 is 10.9. The number of carboxylic acid groups (broad SMARTS) is 1. The van der Waals surface area contributed by atoms with Crippen LogP contribution in [0.1, 0.15) is 18.9 Å². The Hall–Kier alpha value is -1.94. The van der Waals surface area contributed by atoms with Gasteiger partial charge in [0.2, 0.25) is 0 Å². The SMILES string of the molecule is C=C(CC)COc1c(/C=C/C(=O)O)cc(Cl)cc1OC. The Labute approximate surface area is 123 Å². The van der Waals surface area contributed by atoms with Crippen LogP contribution in [0.3, 0.4) is 0 Å². The molecule has 1 aromatic rings. The molecule has 0 aliphatic rings. The van der Waals surface area contributed by atoms with E-state index in [0.717, 1.165) is 18.1 Å². The number of hydrogen-bond acceptors (Lipinski definition) is 3. The van der Waals surface area contributed by atoms with Crippen LogP contribution >= 0.6 is 11.6 Å². The zero-order chi connectivity index (χ0) is 15.1. The third-order valence-electron chi connectivity index (χ3n) is 2.59. The van der Waals surface area contributed by atoms with Gasteiger partial charge in [-0.2, -0.15) is 0 Å². The minimum Gasteiger partial charge on any atom is -0.493 e. The zero-order valence-electron chi connectivity index (χ0n) is 11.5. The largest absolute Gasteiger partial charge is 0.493 e. The average molecular weight is 297 g/mol. The topological polar surface area (TPSA) is 55.8 Å². The highest BCUT2D eigenvalue weighted by Gasteiger charge is 2.12. The number of aliphatic carboxylic acids is 1. The first-order chi connectivity index (χ1) is 9.47. The molecule has 0 bridgehead atoms. The Balaban J connectivity index is 3.15. The highest BCUT2D eigenvalue weighted by atomic mass is 35.5. The zero-order valence-corrected chi connectivity index (χ0v) is 12.2. The third-order valence-corrected chi connectivity index (χ3v) is 2.81. The normalized spacial score (nSPS) is 10.6. The number of carboxylic acids is 1. The van der Waals surface area contributed by atoms with Gasteiger partial charge >= 0.3 is 5.97 Å². The molecule has 1 aromatic carbocycles. The molecule has 0 heterocycles. The van der Waals surface area contributed by atoms with Crippen LogP contribution in [-0.4, -0.2) is 24.8 Å². The summed E-state index contributed by atoms with van der Waals surface area (Å²) in [5, 5.41) is 9.15. The van der Waals surface area contributed by atoms with E-state index in [-0.39, 0.29) is 0 Å². The highest BCUT2D eigenvalue weighted by Crippen LogP contribution is 2.35. The summed E-state index contributed by atoms with van der Waals surface area (Å²) in [7, 11) is 1.50. The predicted molar refractivity (Wildman–Crippen MR) is 79.6 cm³/mol. The summed E-state index contributed by atoms with van der Waals surface area (Å²) in [4.78, 5) is 10.6. The maximum Gasteiger partial charge on any atom is 0.328 e. The molecular formula is C15H17ClO4. The Morgan fingerprint density at radius 3 is 2.75 bits per heavy atom. The van der Waals surface area contributed by atoms with E-state index in [2.05, 4.69) is 6.58 Å². The summed E-state index contributed by atoms with van der Waals surface area (Å²) in [6.07, 6.45) is 3.24. The molecule has 0 saturated carbocycles. The summed E-state index contributed by atoms with van der Waals surface area (Å²) in [6.45, 7) is 6.18. The van der Waals surface area contributed by atoms with Crippen molar-refractivity contribution >= 4 is 23.6 Å². The molecule has 1 N–H and O–H groups in total. The van der Waals surface area contributed by atoms with Gasteiger partial charge in [0.15, 0.2) is 11.5 Å². The molecule has 108 valence electrons. The fourth-order valence-corrected chi connectivity index (χ4v) is 1.67. The van der Waals surface area contributed by atoms with Gasteiger partial charge < -0.3 is 14.6 Å². The number of hydrogen-bond donors (Lipinski definition) is 1. The number of benzene rings is 1. The highest BCUT2D eigenvalue weighted by molar-refractivity contribution is 6.31. The molecule has 0 radical (unpaired) electrons. The molecule has 5 heteroatoms. The number of halogens is 1. The second-order valence-electron chi connectivity index (χ2n) is 4.09. The molecule has 0 saturated heterocycles. The van der Waals surface area contributed by atoms with E-state index in [0.29, 0.717) is 28.7 Å². The molecule has 0 aromatic heterocycles. The fourth-order valence-electron chi connectivity index (χ4n) is 1.46. The fraction of sp³-hybridized carbons (Fsp3) is 0.267. The molecular weight excluding hydrogens is 280 g/mol. The summed E-state index contributed by atoms with van der Waals surface area (Å²) in [5.74, 6) is -0.150. The molecule has 0 atom stereocenters. The van der Waals surface area contributed by atoms with Crippen molar-refractivity contribution in [1.82, 2.24) is 0 Å². The first-order valence-corrected chi connectivity index (χ1v) is 6.43. The number of ether oxygens (including phenoxy) is 2. The van der Waals surface area contributed by atoms with Crippen LogP contribution in [0.5, 0.6) is 11.5 Å². The van der Waals surface area contributed by atoms with Crippen molar-refractivity contribution in [1.29, 1.82) is 0 Å². The maximum absolute atomic E-state index is 10.6. The molecule has 0 aliphatic heterocycles. The van der Waals surface area contributed by atoms with Crippen molar-refractivity contribution < 1.29 is 19.4 Å². The van der Waals surface area contributed by atoms with Gasteiger partial charge in [0, 0.05) is 22.7 Å². The van der Waals surface area contributed by atoms with E-state index < -0.39 is 5.97 Å². The summed E-state index contributed by atoms with van der Waals surface area (Å²) in [5.41, 5.74) is 1.47. The first-order valence-electron chi connectivity index (χ1n) is 6.06. The lowest BCUT2D eigenvalue weighted by Crippen LogP contribution is -2.03. The van der Waals surface area contributed by atoms with E-state index >= 15 is 0 Å². The number of rotatable bonds is 7. The van der Waals surface area contributed by atoms with Crippen LogP contribution in [0, 0.1) is 0 Å². The Morgan fingerprint density at radius 1 is 1.50 bits per heavy atom. The van der Waals surface area contributed by atoms with Gasteiger partial charge in [-0.25, -0.2) is 4.79 Å². The average Bonchev–Trinajstić information content (AvgIpc) is 2.42. The Morgan fingerprint density at radius 2 is 2.20 bits per heavy atom. The van der Waals surface area contributed by atoms with Crippen LogP contribution in [0.2, 0.25) is 5.02 Å². The lowest BCUT2D eigenvalue weighted by molar-refractivity contribution is -0.131. The van der Waals surface area contributed by atoms with Gasteiger partial charge in [0.05, 0.1) is 7.11 Å². The molecule has 0 unspecified atom stereocenters. The minimum atomic E-state index is -1.05. The monoisotopic (exact) mass is 296 g/mol. The van der Waals surface area contributed by atoms with Gasteiger partial charge in [0.1, 0.15) is 6.61 Å². The maximum atomic E-state index is 10.6. The Bertz CT molecular complexity index is 535.